The largest absolute Gasteiger partial charge is 0.379 e. The minimum absolute atomic E-state index is 0. The first-order chi connectivity index (χ1) is 14.7. The van der Waals surface area contributed by atoms with Gasteiger partial charge in [-0.25, -0.2) is 4.39 Å². The molecule has 2 atom stereocenters. The molecule has 2 unspecified atom stereocenters. The lowest BCUT2D eigenvalue weighted by molar-refractivity contribution is 0.0179. The molecule has 2 aliphatic rings. The van der Waals surface area contributed by atoms with Crippen LogP contribution in [0.25, 0.3) is 0 Å². The topological polar surface area (TPSA) is 52.1 Å². The Hall–Kier alpha value is -0.970. The van der Waals surface area contributed by atoms with E-state index < -0.39 is 0 Å². The number of hydrogen-bond acceptors (Lipinski definition) is 4. The highest BCUT2D eigenvalue weighted by atomic mass is 127. The highest BCUT2D eigenvalue weighted by Gasteiger charge is 2.24. The van der Waals surface area contributed by atoms with Gasteiger partial charge in [-0.1, -0.05) is 19.1 Å². The number of nitrogens with one attached hydrogen (secondary N) is 2. The van der Waals surface area contributed by atoms with Gasteiger partial charge in [0.15, 0.2) is 5.96 Å². The van der Waals surface area contributed by atoms with E-state index >= 15 is 0 Å². The second-order valence-corrected chi connectivity index (χ2v) is 8.27. The molecule has 2 N–H and O–H groups in total. The number of ether oxygens (including phenoxy) is 1. The summed E-state index contributed by atoms with van der Waals surface area (Å²) in [4.78, 5) is 9.86. The first-order valence-corrected chi connectivity index (χ1v) is 11.5. The van der Waals surface area contributed by atoms with Crippen molar-refractivity contribution in [1.29, 1.82) is 0 Å². The lowest BCUT2D eigenvalue weighted by Crippen LogP contribution is -2.42. The van der Waals surface area contributed by atoms with E-state index in [4.69, 9.17) is 9.73 Å². The average Bonchev–Trinajstić information content (AvgIpc) is 3.22. The molecule has 0 amide bonds. The molecule has 176 valence electrons. The van der Waals surface area contributed by atoms with E-state index in [2.05, 4.69) is 34.3 Å². The number of benzene rings is 1. The third-order valence-electron chi connectivity index (χ3n) is 5.98. The summed E-state index contributed by atoms with van der Waals surface area (Å²) < 4.78 is 19.0. The van der Waals surface area contributed by atoms with Crippen molar-refractivity contribution in [3.05, 3.63) is 35.6 Å². The third-order valence-corrected chi connectivity index (χ3v) is 5.98. The Bertz CT molecular complexity index is 654. The fourth-order valence-electron chi connectivity index (χ4n) is 4.37. The minimum atomic E-state index is -0.202. The van der Waals surface area contributed by atoms with Gasteiger partial charge >= 0.3 is 0 Å². The summed E-state index contributed by atoms with van der Waals surface area (Å²) in [6.45, 7) is 13.5. The van der Waals surface area contributed by atoms with Gasteiger partial charge in [0.25, 0.3) is 0 Å². The lowest BCUT2D eigenvalue weighted by atomic mass is 10.0. The molecule has 3 rings (SSSR count). The maximum atomic E-state index is 13.4. The van der Waals surface area contributed by atoms with Crippen molar-refractivity contribution in [3.8, 4) is 0 Å². The molecule has 6 nitrogen and oxygen atoms in total. The summed E-state index contributed by atoms with van der Waals surface area (Å²) in [6.07, 6.45) is 2.47. The van der Waals surface area contributed by atoms with Gasteiger partial charge in [-0.3, -0.25) is 9.89 Å². The van der Waals surface area contributed by atoms with Crippen LogP contribution < -0.4 is 10.6 Å². The number of morpholine rings is 1. The van der Waals surface area contributed by atoms with Crippen molar-refractivity contribution in [1.82, 2.24) is 20.4 Å². The van der Waals surface area contributed by atoms with E-state index in [-0.39, 0.29) is 35.8 Å². The van der Waals surface area contributed by atoms with Crippen molar-refractivity contribution >= 4 is 29.9 Å². The Balaban J connectivity index is 0.00000341. The number of rotatable bonds is 9. The monoisotopic (exact) mass is 547 g/mol. The van der Waals surface area contributed by atoms with Gasteiger partial charge in [-0.15, -0.1) is 24.0 Å². The maximum absolute atomic E-state index is 13.4. The van der Waals surface area contributed by atoms with Crippen LogP contribution in [-0.4, -0.2) is 81.3 Å². The van der Waals surface area contributed by atoms with Crippen LogP contribution in [0.2, 0.25) is 0 Å². The molecule has 0 saturated carbocycles. The number of guanidine groups is 1. The zero-order valence-electron chi connectivity index (χ0n) is 19.0. The van der Waals surface area contributed by atoms with Crippen LogP contribution in [0.3, 0.4) is 0 Å². The van der Waals surface area contributed by atoms with Gasteiger partial charge in [0.2, 0.25) is 0 Å². The maximum Gasteiger partial charge on any atom is 0.191 e. The summed E-state index contributed by atoms with van der Waals surface area (Å²) in [5, 5.41) is 6.94. The molecule has 1 aromatic carbocycles. The molecule has 8 heteroatoms. The van der Waals surface area contributed by atoms with Crippen LogP contribution in [0, 0.1) is 11.7 Å². The molecule has 2 saturated heterocycles. The number of halogens is 2. The van der Waals surface area contributed by atoms with Crippen molar-refractivity contribution in [2.75, 3.05) is 65.6 Å². The summed E-state index contributed by atoms with van der Waals surface area (Å²) >= 11 is 0. The molecule has 2 heterocycles. The second kappa shape index (κ2) is 14.2. The molecular weight excluding hydrogens is 508 g/mol. The van der Waals surface area contributed by atoms with Gasteiger partial charge in [-0.2, -0.15) is 0 Å². The van der Waals surface area contributed by atoms with Gasteiger partial charge in [0, 0.05) is 32.7 Å². The van der Waals surface area contributed by atoms with Crippen LogP contribution in [0.5, 0.6) is 0 Å². The van der Waals surface area contributed by atoms with Crippen LogP contribution in [-0.2, 0) is 4.74 Å². The van der Waals surface area contributed by atoms with Gasteiger partial charge in [0.05, 0.1) is 25.8 Å². The van der Waals surface area contributed by atoms with Crippen LogP contribution in [0.1, 0.15) is 38.3 Å². The Morgan fingerprint density at radius 3 is 2.58 bits per heavy atom. The molecule has 0 bridgehead atoms. The Morgan fingerprint density at radius 1 is 1.16 bits per heavy atom. The number of nitrogens with zero attached hydrogens (tertiary/aromatic N) is 3. The van der Waals surface area contributed by atoms with E-state index in [1.165, 1.54) is 44.6 Å². The lowest BCUT2D eigenvalue weighted by Gasteiger charge is -2.34. The fraction of sp³-hybridized carbons (Fsp3) is 0.696. The van der Waals surface area contributed by atoms with E-state index in [1.807, 2.05) is 12.1 Å². The molecular formula is C23H39FIN5O. The van der Waals surface area contributed by atoms with Gasteiger partial charge in [-0.05, 0) is 56.5 Å². The second-order valence-electron chi connectivity index (χ2n) is 8.27. The quantitative estimate of drug-likeness (QED) is 0.283. The summed E-state index contributed by atoms with van der Waals surface area (Å²) in [7, 11) is 0. The van der Waals surface area contributed by atoms with Gasteiger partial charge in [0.1, 0.15) is 5.82 Å². The van der Waals surface area contributed by atoms with Crippen molar-refractivity contribution in [3.63, 3.8) is 0 Å². The Kier molecular flexibility index (Phi) is 12.1. The molecule has 2 fully saturated rings. The standard InChI is InChI=1S/C23H38FN5O.HI/c1-3-10-28-11-9-19(18-28)16-26-23(25-4-2)27-17-22(29-12-14-30-15-13-29)20-5-7-21(24)8-6-20;/h5-8,19,22H,3-4,9-18H2,1-2H3,(H2,25,26,27);1H. The first kappa shape index (κ1) is 26.3. The highest BCUT2D eigenvalue weighted by molar-refractivity contribution is 14.0. The predicted octanol–water partition coefficient (Wildman–Crippen LogP) is 3.10. The molecule has 0 aliphatic carbocycles. The fourth-order valence-corrected chi connectivity index (χ4v) is 4.37. The molecule has 0 spiro atoms. The van der Waals surface area contributed by atoms with Crippen LogP contribution in [0.15, 0.2) is 29.3 Å². The molecule has 31 heavy (non-hydrogen) atoms. The zero-order valence-corrected chi connectivity index (χ0v) is 21.3. The SMILES string of the molecule is CCCN1CCC(CNC(=NCC(c2ccc(F)cc2)N2CCOCC2)NCC)C1.I. The van der Waals surface area contributed by atoms with Crippen molar-refractivity contribution in [2.24, 2.45) is 10.9 Å². The van der Waals surface area contributed by atoms with Crippen LogP contribution in [0.4, 0.5) is 4.39 Å². The highest BCUT2D eigenvalue weighted by Crippen LogP contribution is 2.23. The molecule has 1 aromatic rings. The molecule has 0 radical (unpaired) electrons. The zero-order chi connectivity index (χ0) is 21.2. The number of likely N-dealkylation sites (tertiary alicyclic amines) is 1. The molecule has 0 aromatic heterocycles. The van der Waals surface area contributed by atoms with Crippen molar-refractivity contribution in [2.45, 2.75) is 32.7 Å². The minimum Gasteiger partial charge on any atom is -0.379 e. The van der Waals surface area contributed by atoms with Crippen molar-refractivity contribution < 1.29 is 9.13 Å². The predicted molar refractivity (Wildman–Crippen MR) is 136 cm³/mol. The Morgan fingerprint density at radius 2 is 1.90 bits per heavy atom. The first-order valence-electron chi connectivity index (χ1n) is 11.5. The number of hydrogen-bond donors (Lipinski definition) is 2. The van der Waals surface area contributed by atoms with Gasteiger partial charge < -0.3 is 20.3 Å². The summed E-state index contributed by atoms with van der Waals surface area (Å²) in [5.41, 5.74) is 1.10. The molecule has 2 aliphatic heterocycles. The Labute approximate surface area is 204 Å². The van der Waals surface area contributed by atoms with E-state index in [0.717, 1.165) is 50.9 Å². The van der Waals surface area contributed by atoms with E-state index in [0.29, 0.717) is 12.5 Å². The summed E-state index contributed by atoms with van der Waals surface area (Å²) in [5.74, 6) is 1.34. The number of aliphatic imine (C=N–C) groups is 1. The van der Waals surface area contributed by atoms with Crippen LogP contribution >= 0.6 is 24.0 Å². The summed E-state index contributed by atoms with van der Waals surface area (Å²) in [6, 6.07) is 6.96. The smallest absolute Gasteiger partial charge is 0.191 e. The normalized spacial score (nSPS) is 21.5. The third kappa shape index (κ3) is 8.47. The van der Waals surface area contributed by atoms with E-state index in [9.17, 15) is 4.39 Å². The van der Waals surface area contributed by atoms with E-state index in [1.54, 1.807) is 0 Å². The average molecular weight is 548 g/mol.